The van der Waals surface area contributed by atoms with E-state index in [4.69, 9.17) is 10.00 Å². The van der Waals surface area contributed by atoms with E-state index in [2.05, 4.69) is 11.4 Å². The Balaban J connectivity index is 1.71. The van der Waals surface area contributed by atoms with Gasteiger partial charge < -0.3 is 10.1 Å². The van der Waals surface area contributed by atoms with Gasteiger partial charge in [-0.3, -0.25) is 0 Å². The number of nitriles is 1. The van der Waals surface area contributed by atoms with Gasteiger partial charge in [-0.15, -0.1) is 0 Å². The normalized spacial score (nSPS) is 38.8. The van der Waals surface area contributed by atoms with Gasteiger partial charge in [0.1, 0.15) is 0 Å². The van der Waals surface area contributed by atoms with Crippen molar-refractivity contribution < 1.29 is 4.74 Å². The highest BCUT2D eigenvalue weighted by Gasteiger charge is 2.34. The molecule has 0 saturated heterocycles. The Morgan fingerprint density at radius 1 is 1.31 bits per heavy atom. The Labute approximate surface area is 98.2 Å². The standard InChI is InChI=1S/C13H22N2O/c1-2-16-12-7-11(8-12)15-13-6-4-3-5-10(13)9-14/h10-13,15H,2-8H2,1H3. The first kappa shape index (κ1) is 11.9. The molecule has 0 aromatic rings. The Kier molecular flexibility index (Phi) is 4.20. The average molecular weight is 222 g/mol. The van der Waals surface area contributed by atoms with Crippen molar-refractivity contribution in [2.45, 2.75) is 63.6 Å². The number of hydrogen-bond acceptors (Lipinski definition) is 3. The van der Waals surface area contributed by atoms with Gasteiger partial charge in [-0.25, -0.2) is 0 Å². The Bertz CT molecular complexity index is 255. The molecule has 2 unspecified atom stereocenters. The van der Waals surface area contributed by atoms with E-state index in [1.807, 2.05) is 6.92 Å². The molecular formula is C13H22N2O. The highest BCUT2D eigenvalue weighted by atomic mass is 16.5. The van der Waals surface area contributed by atoms with Gasteiger partial charge >= 0.3 is 0 Å². The lowest BCUT2D eigenvalue weighted by Crippen LogP contribution is -2.52. The van der Waals surface area contributed by atoms with E-state index >= 15 is 0 Å². The van der Waals surface area contributed by atoms with E-state index in [1.54, 1.807) is 0 Å². The first-order chi connectivity index (χ1) is 7.83. The first-order valence-corrected chi connectivity index (χ1v) is 6.60. The smallest absolute Gasteiger partial charge is 0.0672 e. The van der Waals surface area contributed by atoms with Crippen LogP contribution < -0.4 is 5.32 Å². The predicted molar refractivity (Wildman–Crippen MR) is 62.9 cm³/mol. The van der Waals surface area contributed by atoms with Gasteiger partial charge in [0.05, 0.1) is 18.1 Å². The Morgan fingerprint density at radius 3 is 2.75 bits per heavy atom. The highest BCUT2D eigenvalue weighted by Crippen LogP contribution is 2.29. The molecule has 3 heteroatoms. The van der Waals surface area contributed by atoms with Crippen molar-refractivity contribution in [2.75, 3.05) is 6.61 Å². The van der Waals surface area contributed by atoms with E-state index in [9.17, 15) is 0 Å². The van der Waals surface area contributed by atoms with Gasteiger partial charge in [-0.2, -0.15) is 5.26 Å². The maximum atomic E-state index is 9.09. The van der Waals surface area contributed by atoms with Crippen molar-refractivity contribution in [2.24, 2.45) is 5.92 Å². The Hall–Kier alpha value is -0.590. The summed E-state index contributed by atoms with van der Waals surface area (Å²) >= 11 is 0. The summed E-state index contributed by atoms with van der Waals surface area (Å²) in [7, 11) is 0. The third-order valence-electron chi connectivity index (χ3n) is 3.88. The number of ether oxygens (including phenoxy) is 1. The third kappa shape index (κ3) is 2.75. The molecule has 2 saturated carbocycles. The molecule has 0 radical (unpaired) electrons. The van der Waals surface area contributed by atoms with Crippen LogP contribution in [-0.2, 0) is 4.74 Å². The summed E-state index contributed by atoms with van der Waals surface area (Å²) in [4.78, 5) is 0. The average Bonchev–Trinajstić information content (AvgIpc) is 2.27. The van der Waals surface area contributed by atoms with E-state index in [0.29, 0.717) is 18.2 Å². The van der Waals surface area contributed by atoms with Gasteiger partial charge in [0.25, 0.3) is 0 Å². The predicted octanol–water partition coefficient (Wildman–Crippen LogP) is 2.23. The van der Waals surface area contributed by atoms with Crippen LogP contribution in [0.5, 0.6) is 0 Å². The summed E-state index contributed by atoms with van der Waals surface area (Å²) < 4.78 is 5.55. The van der Waals surface area contributed by atoms with Crippen LogP contribution in [0.3, 0.4) is 0 Å². The minimum Gasteiger partial charge on any atom is -0.378 e. The molecule has 0 aromatic heterocycles. The molecule has 0 aromatic carbocycles. The zero-order chi connectivity index (χ0) is 11.4. The van der Waals surface area contributed by atoms with Crippen molar-refractivity contribution in [3.8, 4) is 6.07 Å². The summed E-state index contributed by atoms with van der Waals surface area (Å²) in [5.41, 5.74) is 0. The van der Waals surface area contributed by atoms with Gasteiger partial charge in [-0.1, -0.05) is 12.8 Å². The molecule has 2 aliphatic rings. The van der Waals surface area contributed by atoms with Crippen molar-refractivity contribution in [1.82, 2.24) is 5.32 Å². The van der Waals surface area contributed by atoms with Crippen LogP contribution in [0, 0.1) is 17.2 Å². The Morgan fingerprint density at radius 2 is 2.06 bits per heavy atom. The SMILES string of the molecule is CCOC1CC(NC2CCCCC2C#N)C1. The van der Waals surface area contributed by atoms with E-state index in [0.717, 1.165) is 25.9 Å². The number of hydrogen-bond donors (Lipinski definition) is 1. The quantitative estimate of drug-likeness (QED) is 0.793. The van der Waals surface area contributed by atoms with Crippen LogP contribution in [0.1, 0.15) is 45.4 Å². The molecule has 0 bridgehead atoms. The van der Waals surface area contributed by atoms with Crippen molar-refractivity contribution in [3.63, 3.8) is 0 Å². The van der Waals surface area contributed by atoms with Gasteiger partial charge in [0.2, 0.25) is 0 Å². The molecular weight excluding hydrogens is 200 g/mol. The zero-order valence-electron chi connectivity index (χ0n) is 10.1. The maximum Gasteiger partial charge on any atom is 0.0672 e. The molecule has 16 heavy (non-hydrogen) atoms. The molecule has 1 N–H and O–H groups in total. The van der Waals surface area contributed by atoms with Crippen LogP contribution >= 0.6 is 0 Å². The zero-order valence-corrected chi connectivity index (χ0v) is 10.1. The van der Waals surface area contributed by atoms with Crippen LogP contribution in [0.4, 0.5) is 0 Å². The minimum atomic E-state index is 0.236. The van der Waals surface area contributed by atoms with Crippen molar-refractivity contribution in [3.05, 3.63) is 0 Å². The summed E-state index contributed by atoms with van der Waals surface area (Å²) in [6.45, 7) is 2.87. The summed E-state index contributed by atoms with van der Waals surface area (Å²) in [6, 6.07) is 3.48. The first-order valence-electron chi connectivity index (χ1n) is 6.60. The minimum absolute atomic E-state index is 0.236. The summed E-state index contributed by atoms with van der Waals surface area (Å²) in [5.74, 6) is 0.236. The van der Waals surface area contributed by atoms with Crippen LogP contribution in [0.2, 0.25) is 0 Å². The van der Waals surface area contributed by atoms with E-state index < -0.39 is 0 Å². The largest absolute Gasteiger partial charge is 0.378 e. The summed E-state index contributed by atoms with van der Waals surface area (Å²) in [5, 5.41) is 12.7. The molecule has 2 fully saturated rings. The fourth-order valence-electron chi connectivity index (χ4n) is 2.86. The highest BCUT2D eigenvalue weighted by molar-refractivity contribution is 4.98. The molecule has 0 spiro atoms. The second-order valence-electron chi connectivity index (χ2n) is 5.04. The fraction of sp³-hybridized carbons (Fsp3) is 0.923. The van der Waals surface area contributed by atoms with Crippen LogP contribution in [0.25, 0.3) is 0 Å². The molecule has 2 rings (SSSR count). The lowest BCUT2D eigenvalue weighted by Gasteiger charge is -2.40. The molecule has 3 nitrogen and oxygen atoms in total. The number of nitrogens with one attached hydrogen (secondary N) is 1. The molecule has 2 atom stereocenters. The molecule has 0 heterocycles. The number of nitrogens with zero attached hydrogens (tertiary/aromatic N) is 1. The lowest BCUT2D eigenvalue weighted by molar-refractivity contribution is -0.0144. The van der Waals surface area contributed by atoms with Gasteiger partial charge in [0.15, 0.2) is 0 Å². The maximum absolute atomic E-state index is 9.09. The molecule has 2 aliphatic carbocycles. The molecule has 0 aliphatic heterocycles. The fourth-order valence-corrected chi connectivity index (χ4v) is 2.86. The molecule has 90 valence electrons. The van der Waals surface area contributed by atoms with Gasteiger partial charge in [-0.05, 0) is 32.6 Å². The van der Waals surface area contributed by atoms with Crippen LogP contribution in [-0.4, -0.2) is 24.8 Å². The summed E-state index contributed by atoms with van der Waals surface area (Å²) in [6.07, 6.45) is 7.47. The second kappa shape index (κ2) is 5.65. The van der Waals surface area contributed by atoms with Gasteiger partial charge in [0, 0.05) is 18.7 Å². The van der Waals surface area contributed by atoms with Crippen molar-refractivity contribution >= 4 is 0 Å². The van der Waals surface area contributed by atoms with Crippen molar-refractivity contribution in [1.29, 1.82) is 5.26 Å². The third-order valence-corrected chi connectivity index (χ3v) is 3.88. The number of rotatable bonds is 4. The topological polar surface area (TPSA) is 45.0 Å². The molecule has 0 amide bonds. The van der Waals surface area contributed by atoms with E-state index in [-0.39, 0.29) is 5.92 Å². The lowest BCUT2D eigenvalue weighted by atomic mass is 9.82. The van der Waals surface area contributed by atoms with E-state index in [1.165, 1.54) is 19.3 Å². The monoisotopic (exact) mass is 222 g/mol. The van der Waals surface area contributed by atoms with Crippen LogP contribution in [0.15, 0.2) is 0 Å². The second-order valence-corrected chi connectivity index (χ2v) is 5.04.